The Hall–Kier alpha value is -3.52. The molecule has 10 nitrogen and oxygen atoms in total. The first-order valence-electron chi connectivity index (χ1n) is 15.2. The van der Waals surface area contributed by atoms with E-state index in [1.165, 1.54) is 22.8 Å². The van der Waals surface area contributed by atoms with Crippen LogP contribution in [0.2, 0.25) is 0 Å². The third-order valence-electron chi connectivity index (χ3n) is 8.30. The van der Waals surface area contributed by atoms with Crippen molar-refractivity contribution < 1.29 is 32.5 Å². The number of nitrogens with two attached hydrogens (primary N) is 1. The Kier molecular flexibility index (Phi) is 9.69. The van der Waals surface area contributed by atoms with Crippen molar-refractivity contribution in [3.05, 3.63) is 76.9 Å². The summed E-state index contributed by atoms with van der Waals surface area (Å²) in [5.41, 5.74) is 2.52. The van der Waals surface area contributed by atoms with Crippen LogP contribution in [-0.4, -0.2) is 65.5 Å². The number of benzene rings is 2. The average molecular weight is 642 g/mol. The van der Waals surface area contributed by atoms with E-state index >= 15 is 0 Å². The van der Waals surface area contributed by atoms with Crippen LogP contribution in [0.15, 0.2) is 53.7 Å². The molecule has 3 aromatic rings. The molecule has 2 aliphatic carbocycles. The summed E-state index contributed by atoms with van der Waals surface area (Å²) in [5, 5.41) is 5.56. The van der Waals surface area contributed by atoms with Gasteiger partial charge in [0.25, 0.3) is 0 Å². The molecule has 0 bridgehead atoms. The van der Waals surface area contributed by atoms with E-state index < -0.39 is 42.1 Å². The quantitative estimate of drug-likeness (QED) is 0.0580. The van der Waals surface area contributed by atoms with Gasteiger partial charge >= 0.3 is 6.16 Å². The van der Waals surface area contributed by atoms with E-state index in [1.54, 1.807) is 6.07 Å². The Balaban J connectivity index is 1.15. The summed E-state index contributed by atoms with van der Waals surface area (Å²) in [6.07, 6.45) is -0.314. The fourth-order valence-corrected chi connectivity index (χ4v) is 6.56. The first kappa shape index (κ1) is 31.5. The summed E-state index contributed by atoms with van der Waals surface area (Å²) in [6.45, 7) is 5.12. The van der Waals surface area contributed by atoms with Gasteiger partial charge in [0.2, 0.25) is 0 Å². The molecule has 3 N–H and O–H groups in total. The number of carbonyl (C=O) groups excluding carboxylic acids is 1. The predicted octanol–water partition coefficient (Wildman–Crippen LogP) is 5.49. The molecule has 1 saturated heterocycles. The maximum atomic E-state index is 13.9. The van der Waals surface area contributed by atoms with Crippen LogP contribution in [-0.2, 0) is 25.6 Å². The molecule has 0 unspecified atom stereocenters. The molecule has 6 atom stereocenters. The number of thioether (sulfide) groups is 1. The molecule has 13 heteroatoms. The smallest absolute Gasteiger partial charge is 0.425 e. The van der Waals surface area contributed by atoms with Gasteiger partial charge in [-0.15, -0.1) is 0 Å². The van der Waals surface area contributed by atoms with Crippen molar-refractivity contribution in [2.75, 3.05) is 29.3 Å². The second-order valence-corrected chi connectivity index (χ2v) is 12.6. The summed E-state index contributed by atoms with van der Waals surface area (Å²) in [5.74, 6) is 7.00. The molecule has 3 aliphatic rings. The molecule has 1 aliphatic heterocycles. The van der Waals surface area contributed by atoms with Crippen molar-refractivity contribution in [2.45, 2.75) is 81.2 Å². The van der Waals surface area contributed by atoms with Crippen LogP contribution in [0.1, 0.15) is 48.8 Å². The van der Waals surface area contributed by atoms with Crippen LogP contribution in [0.3, 0.4) is 0 Å². The van der Waals surface area contributed by atoms with Crippen LogP contribution in [0.25, 0.3) is 0 Å². The van der Waals surface area contributed by atoms with Crippen molar-refractivity contribution >= 4 is 29.6 Å². The molecular formula is C32H37F2N5O5S. The lowest BCUT2D eigenvalue weighted by Gasteiger charge is -2.29. The largest absolute Gasteiger partial charge is 0.509 e. The molecule has 0 amide bonds. The Morgan fingerprint density at radius 2 is 1.87 bits per heavy atom. The summed E-state index contributed by atoms with van der Waals surface area (Å²) in [6, 6.07) is 13.4. The number of nitrogens with one attached hydrogen (secondary N) is 1. The molecule has 2 saturated carbocycles. The van der Waals surface area contributed by atoms with Crippen molar-refractivity contribution in [2.24, 2.45) is 5.84 Å². The molecular weight excluding hydrogens is 604 g/mol. The first-order chi connectivity index (χ1) is 21.8. The number of aromatic nitrogens is 2. The highest BCUT2D eigenvalue weighted by molar-refractivity contribution is 7.99. The second kappa shape index (κ2) is 13.9. The lowest BCUT2D eigenvalue weighted by molar-refractivity contribution is -0.0406. The lowest BCUT2D eigenvalue weighted by Crippen LogP contribution is -2.48. The van der Waals surface area contributed by atoms with Gasteiger partial charge in [-0.1, -0.05) is 55.1 Å². The van der Waals surface area contributed by atoms with Gasteiger partial charge in [-0.3, -0.25) is 5.01 Å². The Morgan fingerprint density at radius 1 is 1.07 bits per heavy atom. The first-order valence-corrected chi connectivity index (χ1v) is 16.2. The highest BCUT2D eigenvalue weighted by Gasteiger charge is 2.55. The SMILES string of the molecule is CCCSc1nc(N[C@@H]2C[C@H]2c2ccc(F)c(F)c2)c(C)c(N(N)[C@@H]2C[C@H](OCCOCc3ccccc3)[C@H]3OC(=O)O[C@H]32)n1. The summed E-state index contributed by atoms with van der Waals surface area (Å²) < 4.78 is 50.3. The van der Waals surface area contributed by atoms with E-state index in [2.05, 4.69) is 12.2 Å². The molecule has 1 aromatic heterocycles. The third-order valence-corrected chi connectivity index (χ3v) is 9.35. The number of carbonyl (C=O) groups is 1. The standard InChI is InChI=1S/C32H37F2N5O5S/c1-3-13-45-31-37-29(36-24-15-21(24)20-9-10-22(33)23(34)14-20)18(2)30(38-31)39(35)25-16-26(28-27(25)43-32(40)44-28)42-12-11-41-17-19-7-5-4-6-8-19/h4-10,14,21,24-28H,3,11-13,15-17,35H2,1-2H3,(H,36,37,38)/t21-,24+,25+,26-,27-,28+/m0/s1. The maximum absolute atomic E-state index is 13.9. The minimum absolute atomic E-state index is 0.00602. The van der Waals surface area contributed by atoms with Gasteiger partial charge in [-0.05, 0) is 43.0 Å². The molecule has 3 fully saturated rings. The normalized spacial score (nSPS) is 25.0. The molecule has 240 valence electrons. The van der Waals surface area contributed by atoms with E-state index in [4.69, 9.17) is 34.8 Å². The number of ether oxygens (including phenoxy) is 4. The fourth-order valence-electron chi connectivity index (χ4n) is 5.87. The Morgan fingerprint density at radius 3 is 2.64 bits per heavy atom. The van der Waals surface area contributed by atoms with Gasteiger partial charge in [-0.2, -0.15) is 0 Å². The van der Waals surface area contributed by atoms with Gasteiger partial charge in [0.15, 0.2) is 34.8 Å². The van der Waals surface area contributed by atoms with Gasteiger partial charge in [0.1, 0.15) is 11.9 Å². The van der Waals surface area contributed by atoms with E-state index in [0.29, 0.717) is 43.0 Å². The van der Waals surface area contributed by atoms with E-state index in [9.17, 15) is 13.6 Å². The third kappa shape index (κ3) is 7.16. The molecule has 0 radical (unpaired) electrons. The highest BCUT2D eigenvalue weighted by Crippen LogP contribution is 2.44. The van der Waals surface area contributed by atoms with Crippen molar-refractivity contribution in [3.8, 4) is 0 Å². The van der Waals surface area contributed by atoms with Gasteiger partial charge < -0.3 is 24.3 Å². The zero-order valence-corrected chi connectivity index (χ0v) is 26.0. The van der Waals surface area contributed by atoms with Gasteiger partial charge in [0.05, 0.1) is 25.9 Å². The summed E-state index contributed by atoms with van der Waals surface area (Å²) in [7, 11) is 0. The van der Waals surface area contributed by atoms with Crippen LogP contribution >= 0.6 is 11.8 Å². The fraction of sp³-hybridized carbons (Fsp3) is 0.469. The number of hydrogen-bond donors (Lipinski definition) is 2. The molecule has 2 heterocycles. The molecule has 6 rings (SSSR count). The number of fused-ring (bicyclic) bond motifs is 1. The van der Waals surface area contributed by atoms with Crippen LogP contribution < -0.4 is 16.2 Å². The van der Waals surface area contributed by atoms with Crippen molar-refractivity contribution in [1.82, 2.24) is 9.97 Å². The topological polar surface area (TPSA) is 121 Å². The predicted molar refractivity (Wildman–Crippen MR) is 165 cm³/mol. The Bertz CT molecular complexity index is 1500. The number of hydrazine groups is 1. The van der Waals surface area contributed by atoms with Crippen LogP contribution in [0.5, 0.6) is 0 Å². The number of anilines is 2. The van der Waals surface area contributed by atoms with Gasteiger partial charge in [0, 0.05) is 29.7 Å². The lowest BCUT2D eigenvalue weighted by atomic mass is 10.1. The van der Waals surface area contributed by atoms with Gasteiger partial charge in [-0.25, -0.2) is 29.4 Å². The van der Waals surface area contributed by atoms with Crippen molar-refractivity contribution in [1.29, 1.82) is 0 Å². The minimum Gasteiger partial charge on any atom is -0.425 e. The van der Waals surface area contributed by atoms with E-state index in [0.717, 1.165) is 41.4 Å². The summed E-state index contributed by atoms with van der Waals surface area (Å²) in [4.78, 5) is 21.7. The average Bonchev–Trinajstić information content (AvgIpc) is 3.58. The monoisotopic (exact) mass is 641 g/mol. The zero-order chi connectivity index (χ0) is 31.5. The Labute approximate surface area is 264 Å². The van der Waals surface area contributed by atoms with Crippen LogP contribution in [0.4, 0.5) is 25.2 Å². The van der Waals surface area contributed by atoms with E-state index in [-0.39, 0.29) is 12.0 Å². The maximum Gasteiger partial charge on any atom is 0.509 e. The highest BCUT2D eigenvalue weighted by atomic mass is 32.2. The molecule has 0 spiro atoms. The minimum atomic E-state index is -0.864. The number of nitrogens with zero attached hydrogens (tertiary/aromatic N) is 3. The van der Waals surface area contributed by atoms with E-state index in [1.807, 2.05) is 37.3 Å². The molecule has 45 heavy (non-hydrogen) atoms. The number of halogens is 2. The number of hydrogen-bond acceptors (Lipinski definition) is 11. The summed E-state index contributed by atoms with van der Waals surface area (Å²) >= 11 is 1.52. The molecule has 2 aromatic carbocycles. The van der Waals surface area contributed by atoms with Crippen molar-refractivity contribution in [3.63, 3.8) is 0 Å². The zero-order valence-electron chi connectivity index (χ0n) is 25.2. The van der Waals surface area contributed by atoms with Crippen LogP contribution in [0, 0.1) is 18.6 Å². The number of rotatable bonds is 14. The second-order valence-electron chi connectivity index (χ2n) is 11.5.